The maximum absolute atomic E-state index is 13.0. The summed E-state index contributed by atoms with van der Waals surface area (Å²) in [6.07, 6.45) is -3.95. The van der Waals surface area contributed by atoms with E-state index in [4.69, 9.17) is 24.5 Å². The highest BCUT2D eigenvalue weighted by Crippen LogP contribution is 2.32. The van der Waals surface area contributed by atoms with Crippen LogP contribution in [0, 0.1) is 5.92 Å². The average molecular weight is 633 g/mol. The number of anilines is 1. The minimum Gasteiger partial charge on any atom is -0.490 e. The number of nitrogens with one attached hydrogen (secondary N) is 2. The Bertz CT molecular complexity index is 1370. The van der Waals surface area contributed by atoms with Crippen LogP contribution in [0.1, 0.15) is 17.5 Å². The van der Waals surface area contributed by atoms with Crippen molar-refractivity contribution < 1.29 is 55.7 Å². The molecule has 1 amide bonds. The highest BCUT2D eigenvalue weighted by molar-refractivity contribution is 5.94. The highest BCUT2D eigenvalue weighted by Gasteiger charge is 2.38. The molecule has 1 aliphatic carbocycles. The molecule has 1 atom stereocenters. The number of nitrogens with zero attached hydrogens (tertiary/aromatic N) is 2. The quantitative estimate of drug-likeness (QED) is 0.266. The van der Waals surface area contributed by atoms with Gasteiger partial charge in [0.05, 0.1) is 11.9 Å². The van der Waals surface area contributed by atoms with Crippen LogP contribution in [-0.2, 0) is 27.2 Å². The van der Waals surface area contributed by atoms with Gasteiger partial charge in [-0.05, 0) is 62.2 Å². The van der Waals surface area contributed by atoms with Crippen molar-refractivity contribution in [3.8, 4) is 16.9 Å². The fraction of sp³-hybridized carbons (Fsp3) is 0.357. The second kappa shape index (κ2) is 15.7. The molecule has 240 valence electrons. The van der Waals surface area contributed by atoms with Crippen LogP contribution in [0.5, 0.6) is 5.75 Å². The number of alkyl halides is 6. The third-order valence-corrected chi connectivity index (χ3v) is 6.07. The molecule has 44 heavy (non-hydrogen) atoms. The van der Waals surface area contributed by atoms with E-state index in [1.165, 1.54) is 11.1 Å². The molecule has 0 aliphatic heterocycles. The van der Waals surface area contributed by atoms with Crippen molar-refractivity contribution in [1.82, 2.24) is 15.1 Å². The number of benzene rings is 2. The van der Waals surface area contributed by atoms with Crippen LogP contribution in [0.25, 0.3) is 11.1 Å². The van der Waals surface area contributed by atoms with E-state index in [1.54, 1.807) is 6.20 Å². The number of aryl methyl sites for hydroxylation is 1. The van der Waals surface area contributed by atoms with E-state index in [9.17, 15) is 31.1 Å². The molecule has 16 heteroatoms. The standard InChI is InChI=1S/C24H28N4O2.2C2HF3O2/c1-28(2)11-12-30-23-14-19(21-15-25-26-16-21)9-10-22(23)27-24(29)20-8-7-17-5-3-4-6-18(17)13-20;2*3-2(4,5)1(6)7/h3-6,9-10,14-16,20H,7-8,11-13H2,1-2H3,(H,25,26)(H,27,29);2*(H,6,7). The van der Waals surface area contributed by atoms with Crippen molar-refractivity contribution in [3.63, 3.8) is 0 Å². The summed E-state index contributed by atoms with van der Waals surface area (Å²) in [6, 6.07) is 14.3. The molecule has 1 aliphatic rings. The van der Waals surface area contributed by atoms with Crippen LogP contribution in [-0.4, -0.2) is 82.8 Å². The highest BCUT2D eigenvalue weighted by atomic mass is 19.4. The number of likely N-dealkylation sites (N-methyl/N-ethyl adjacent to an activating group) is 1. The number of carbonyl (C=O) groups is 3. The normalized spacial score (nSPS) is 14.2. The summed E-state index contributed by atoms with van der Waals surface area (Å²) < 4.78 is 69.5. The minimum atomic E-state index is -5.08. The van der Waals surface area contributed by atoms with Gasteiger partial charge >= 0.3 is 24.3 Å². The lowest BCUT2D eigenvalue weighted by atomic mass is 9.83. The number of aromatic amines is 1. The Morgan fingerprint density at radius 1 is 0.977 bits per heavy atom. The lowest BCUT2D eigenvalue weighted by molar-refractivity contribution is -0.193. The molecule has 3 aromatic rings. The smallest absolute Gasteiger partial charge is 0.490 e. The largest absolute Gasteiger partial charge is 0.490 e. The van der Waals surface area contributed by atoms with Crippen LogP contribution in [0.3, 0.4) is 0 Å². The molecule has 0 saturated carbocycles. The van der Waals surface area contributed by atoms with Crippen LogP contribution < -0.4 is 10.1 Å². The summed E-state index contributed by atoms with van der Waals surface area (Å²) in [6.45, 7) is 1.34. The maximum Gasteiger partial charge on any atom is 0.490 e. The zero-order valence-electron chi connectivity index (χ0n) is 23.5. The van der Waals surface area contributed by atoms with E-state index in [1.807, 2.05) is 44.6 Å². The first-order valence-corrected chi connectivity index (χ1v) is 12.9. The number of carbonyl (C=O) groups excluding carboxylic acids is 1. The SMILES string of the molecule is CN(C)CCOc1cc(-c2cn[nH]c2)ccc1NC(=O)C1CCc2ccccc2C1.O=C(O)C(F)(F)F.O=C(O)C(F)(F)F. The van der Waals surface area contributed by atoms with Gasteiger partial charge in [0, 0.05) is 24.2 Å². The van der Waals surface area contributed by atoms with Gasteiger partial charge in [-0.25, -0.2) is 9.59 Å². The number of aliphatic carboxylic acids is 2. The van der Waals surface area contributed by atoms with Crippen LogP contribution in [0.4, 0.5) is 32.0 Å². The molecule has 2 aromatic carbocycles. The molecule has 1 unspecified atom stereocenters. The van der Waals surface area contributed by atoms with Crippen molar-refractivity contribution in [2.75, 3.05) is 32.6 Å². The third-order valence-electron chi connectivity index (χ3n) is 6.07. The van der Waals surface area contributed by atoms with Crippen molar-refractivity contribution in [1.29, 1.82) is 0 Å². The third kappa shape index (κ3) is 11.6. The summed E-state index contributed by atoms with van der Waals surface area (Å²) in [4.78, 5) is 32.9. The van der Waals surface area contributed by atoms with E-state index in [0.717, 1.165) is 36.9 Å². The first kappa shape index (κ1) is 35.6. The molecule has 0 fully saturated rings. The van der Waals surface area contributed by atoms with Gasteiger partial charge in [0.25, 0.3) is 0 Å². The van der Waals surface area contributed by atoms with Gasteiger partial charge in [-0.1, -0.05) is 30.3 Å². The molecule has 4 N–H and O–H groups in total. The molecular formula is C28H30F6N4O6. The second-order valence-corrected chi connectivity index (χ2v) is 9.65. The summed E-state index contributed by atoms with van der Waals surface area (Å²) in [5, 5.41) is 24.2. The Morgan fingerprint density at radius 3 is 2.09 bits per heavy atom. The number of H-pyrrole nitrogens is 1. The van der Waals surface area contributed by atoms with Crippen LogP contribution >= 0.6 is 0 Å². The fourth-order valence-electron chi connectivity index (χ4n) is 3.83. The van der Waals surface area contributed by atoms with E-state index < -0.39 is 24.3 Å². The monoisotopic (exact) mass is 632 g/mol. The maximum atomic E-state index is 13.0. The lowest BCUT2D eigenvalue weighted by Crippen LogP contribution is -2.28. The molecule has 0 radical (unpaired) electrons. The van der Waals surface area contributed by atoms with E-state index in [0.29, 0.717) is 18.0 Å². The Balaban J connectivity index is 0.000000402. The Morgan fingerprint density at radius 2 is 1.57 bits per heavy atom. The van der Waals surface area contributed by atoms with Gasteiger partial charge in [-0.2, -0.15) is 31.4 Å². The zero-order chi connectivity index (χ0) is 33.1. The number of fused-ring (bicyclic) bond motifs is 1. The number of hydrogen-bond donors (Lipinski definition) is 4. The van der Waals surface area contributed by atoms with E-state index >= 15 is 0 Å². The zero-order valence-corrected chi connectivity index (χ0v) is 23.5. The summed E-state index contributed by atoms with van der Waals surface area (Å²) in [5.41, 5.74) is 5.33. The molecule has 0 bridgehead atoms. The number of carboxylic acids is 2. The lowest BCUT2D eigenvalue weighted by Gasteiger charge is -2.24. The minimum absolute atomic E-state index is 0.0249. The number of aromatic nitrogens is 2. The molecule has 10 nitrogen and oxygen atoms in total. The summed E-state index contributed by atoms with van der Waals surface area (Å²) >= 11 is 0. The van der Waals surface area contributed by atoms with Gasteiger partial charge in [0.1, 0.15) is 12.4 Å². The number of rotatable bonds is 7. The number of ether oxygens (including phenoxy) is 1. The van der Waals surface area contributed by atoms with Crippen LogP contribution in [0.2, 0.25) is 0 Å². The summed E-state index contributed by atoms with van der Waals surface area (Å²) in [7, 11) is 4.02. The topological polar surface area (TPSA) is 145 Å². The first-order valence-electron chi connectivity index (χ1n) is 12.9. The number of carboxylic acid groups (broad SMARTS) is 2. The van der Waals surface area contributed by atoms with Gasteiger partial charge in [-0.15, -0.1) is 0 Å². The molecule has 0 spiro atoms. The molecular weight excluding hydrogens is 602 g/mol. The van der Waals surface area contributed by atoms with Gasteiger partial charge < -0.3 is 25.2 Å². The Hall–Kier alpha value is -4.60. The average Bonchev–Trinajstić information content (AvgIpc) is 3.48. The van der Waals surface area contributed by atoms with Gasteiger partial charge in [0.2, 0.25) is 5.91 Å². The van der Waals surface area contributed by atoms with E-state index in [-0.39, 0.29) is 11.8 Å². The predicted octanol–water partition coefficient (Wildman–Crippen LogP) is 5.03. The second-order valence-electron chi connectivity index (χ2n) is 9.65. The molecule has 1 aromatic heterocycles. The number of amides is 1. The van der Waals surface area contributed by atoms with Crippen molar-refractivity contribution in [2.45, 2.75) is 31.6 Å². The fourth-order valence-corrected chi connectivity index (χ4v) is 3.83. The van der Waals surface area contributed by atoms with Gasteiger partial charge in [0.15, 0.2) is 0 Å². The van der Waals surface area contributed by atoms with Crippen molar-refractivity contribution in [3.05, 3.63) is 66.0 Å². The number of hydrogen-bond acceptors (Lipinski definition) is 6. The predicted molar refractivity (Wildman–Crippen MR) is 146 cm³/mol. The molecule has 1 heterocycles. The number of halogens is 6. The summed E-state index contributed by atoms with van der Waals surface area (Å²) in [5.74, 6) is -4.80. The van der Waals surface area contributed by atoms with Crippen LogP contribution in [0.15, 0.2) is 54.9 Å². The Labute approximate surface area is 247 Å². The Kier molecular flexibility index (Phi) is 12.7. The molecule has 4 rings (SSSR count). The van der Waals surface area contributed by atoms with Crippen molar-refractivity contribution in [2.24, 2.45) is 5.92 Å². The van der Waals surface area contributed by atoms with E-state index in [2.05, 4.69) is 38.6 Å². The van der Waals surface area contributed by atoms with Crippen molar-refractivity contribution >= 4 is 23.5 Å². The first-order chi connectivity index (χ1) is 20.5. The van der Waals surface area contributed by atoms with Gasteiger partial charge in [-0.3, -0.25) is 9.89 Å². The molecule has 0 saturated heterocycles.